The van der Waals surface area contributed by atoms with Crippen molar-refractivity contribution < 1.29 is 9.53 Å². The fraction of sp³-hybridized carbons (Fsp3) is 0.909. The van der Waals surface area contributed by atoms with Crippen molar-refractivity contribution in [2.24, 2.45) is 0 Å². The van der Waals surface area contributed by atoms with Gasteiger partial charge in [-0.3, -0.25) is 4.79 Å². The lowest BCUT2D eigenvalue weighted by Crippen LogP contribution is -2.44. The van der Waals surface area contributed by atoms with Gasteiger partial charge in [-0.2, -0.15) is 0 Å². The Bertz CT molecular complexity index is 181. The summed E-state index contributed by atoms with van der Waals surface area (Å²) >= 11 is 0. The van der Waals surface area contributed by atoms with Crippen molar-refractivity contribution in [3.05, 3.63) is 0 Å². The van der Waals surface area contributed by atoms with E-state index >= 15 is 0 Å². The molecule has 4 nitrogen and oxygen atoms in total. The number of carbonyl (C=O) groups excluding carboxylic acids is 1. The third-order valence-corrected chi connectivity index (χ3v) is 2.27. The van der Waals surface area contributed by atoms with Crippen LogP contribution in [0.2, 0.25) is 0 Å². The van der Waals surface area contributed by atoms with Gasteiger partial charge in [0.2, 0.25) is 5.91 Å². The molecule has 0 atom stereocenters. The van der Waals surface area contributed by atoms with E-state index < -0.39 is 0 Å². The number of likely N-dealkylation sites (N-methyl/N-ethyl adjacent to an activating group) is 1. The molecule has 0 aromatic heterocycles. The lowest BCUT2D eigenvalue weighted by Gasteiger charge is -2.24. The summed E-state index contributed by atoms with van der Waals surface area (Å²) in [7, 11) is 0. The normalized spacial score (nSPS) is 11.5. The zero-order valence-corrected chi connectivity index (χ0v) is 10.4. The first kappa shape index (κ1) is 14.4. The highest BCUT2D eigenvalue weighted by Crippen LogP contribution is 2.05. The minimum atomic E-state index is -0.137. The fourth-order valence-electron chi connectivity index (χ4n) is 0.988. The van der Waals surface area contributed by atoms with Crippen LogP contribution in [0.1, 0.15) is 34.1 Å². The van der Waals surface area contributed by atoms with Gasteiger partial charge in [-0.1, -0.05) is 13.8 Å². The van der Waals surface area contributed by atoms with Gasteiger partial charge < -0.3 is 15.4 Å². The molecule has 15 heavy (non-hydrogen) atoms. The van der Waals surface area contributed by atoms with Gasteiger partial charge in [0.05, 0.1) is 6.61 Å². The Balaban J connectivity index is 3.49. The third kappa shape index (κ3) is 8.39. The second-order valence-electron chi connectivity index (χ2n) is 4.19. The Morgan fingerprint density at radius 1 is 1.33 bits per heavy atom. The zero-order chi connectivity index (χ0) is 11.7. The van der Waals surface area contributed by atoms with Crippen LogP contribution in [0.15, 0.2) is 0 Å². The van der Waals surface area contributed by atoms with Crippen LogP contribution < -0.4 is 10.6 Å². The second kappa shape index (κ2) is 7.65. The van der Waals surface area contributed by atoms with E-state index in [1.165, 1.54) is 0 Å². The topological polar surface area (TPSA) is 50.4 Å². The Morgan fingerprint density at radius 3 is 2.53 bits per heavy atom. The molecule has 90 valence electrons. The van der Waals surface area contributed by atoms with Crippen molar-refractivity contribution in [1.29, 1.82) is 0 Å². The Kier molecular flexibility index (Phi) is 7.34. The minimum absolute atomic E-state index is 0.0432. The SMILES string of the molecule is CCNCCOCC(=O)NC(C)(C)CC. The van der Waals surface area contributed by atoms with Crippen LogP contribution in [0.5, 0.6) is 0 Å². The van der Waals surface area contributed by atoms with E-state index in [0.29, 0.717) is 6.61 Å². The minimum Gasteiger partial charge on any atom is -0.370 e. The van der Waals surface area contributed by atoms with Gasteiger partial charge in [-0.05, 0) is 26.8 Å². The fourth-order valence-corrected chi connectivity index (χ4v) is 0.988. The number of hydrogen-bond acceptors (Lipinski definition) is 3. The number of amides is 1. The Hall–Kier alpha value is -0.610. The summed E-state index contributed by atoms with van der Waals surface area (Å²) in [4.78, 5) is 11.4. The molecule has 0 spiro atoms. The van der Waals surface area contributed by atoms with Crippen molar-refractivity contribution >= 4 is 5.91 Å². The highest BCUT2D eigenvalue weighted by Gasteiger charge is 2.17. The van der Waals surface area contributed by atoms with Crippen molar-refractivity contribution in [3.63, 3.8) is 0 Å². The number of carbonyl (C=O) groups is 1. The number of nitrogens with one attached hydrogen (secondary N) is 2. The molecule has 1 amide bonds. The summed E-state index contributed by atoms with van der Waals surface area (Å²) in [5.41, 5.74) is -0.137. The first-order valence-electron chi connectivity index (χ1n) is 5.61. The molecule has 0 heterocycles. The van der Waals surface area contributed by atoms with Crippen molar-refractivity contribution in [3.8, 4) is 0 Å². The zero-order valence-electron chi connectivity index (χ0n) is 10.4. The largest absolute Gasteiger partial charge is 0.370 e. The van der Waals surface area contributed by atoms with E-state index in [1.807, 2.05) is 27.7 Å². The molecule has 0 aliphatic heterocycles. The average molecular weight is 216 g/mol. The first-order valence-corrected chi connectivity index (χ1v) is 5.61. The third-order valence-electron chi connectivity index (χ3n) is 2.27. The number of ether oxygens (including phenoxy) is 1. The van der Waals surface area contributed by atoms with E-state index in [2.05, 4.69) is 10.6 Å². The van der Waals surface area contributed by atoms with Crippen molar-refractivity contribution in [2.45, 2.75) is 39.7 Å². The van der Waals surface area contributed by atoms with Crippen LogP contribution in [-0.2, 0) is 9.53 Å². The van der Waals surface area contributed by atoms with Crippen LogP contribution in [0.3, 0.4) is 0 Å². The summed E-state index contributed by atoms with van der Waals surface area (Å²) in [5, 5.41) is 6.04. The van der Waals surface area contributed by atoms with Crippen LogP contribution in [0.25, 0.3) is 0 Å². The van der Waals surface area contributed by atoms with Crippen LogP contribution in [-0.4, -0.2) is 37.7 Å². The summed E-state index contributed by atoms with van der Waals surface area (Å²) < 4.78 is 5.21. The Labute approximate surface area is 92.8 Å². The van der Waals surface area contributed by atoms with Gasteiger partial charge in [0.15, 0.2) is 0 Å². The van der Waals surface area contributed by atoms with Gasteiger partial charge in [0, 0.05) is 12.1 Å². The van der Waals surface area contributed by atoms with Crippen LogP contribution in [0.4, 0.5) is 0 Å². The molecule has 0 rings (SSSR count). The molecule has 4 heteroatoms. The number of hydrogen-bond donors (Lipinski definition) is 2. The monoisotopic (exact) mass is 216 g/mol. The van der Waals surface area contributed by atoms with Crippen molar-refractivity contribution in [2.75, 3.05) is 26.3 Å². The molecule has 0 aliphatic carbocycles. The molecule has 0 saturated heterocycles. The molecule has 0 aromatic carbocycles. The molecule has 0 aliphatic rings. The van der Waals surface area contributed by atoms with E-state index in [1.54, 1.807) is 0 Å². The van der Waals surface area contributed by atoms with Crippen LogP contribution >= 0.6 is 0 Å². The summed E-state index contributed by atoms with van der Waals surface area (Å²) in [6.07, 6.45) is 0.913. The predicted molar refractivity (Wildman–Crippen MR) is 61.9 cm³/mol. The summed E-state index contributed by atoms with van der Waals surface area (Å²) in [6.45, 7) is 10.5. The molecular weight excluding hydrogens is 192 g/mol. The number of rotatable bonds is 8. The second-order valence-corrected chi connectivity index (χ2v) is 4.19. The van der Waals surface area contributed by atoms with Gasteiger partial charge in [-0.15, -0.1) is 0 Å². The van der Waals surface area contributed by atoms with E-state index in [-0.39, 0.29) is 18.1 Å². The van der Waals surface area contributed by atoms with Crippen molar-refractivity contribution in [1.82, 2.24) is 10.6 Å². The molecule has 0 radical (unpaired) electrons. The maximum Gasteiger partial charge on any atom is 0.246 e. The van der Waals surface area contributed by atoms with E-state index in [9.17, 15) is 4.79 Å². The molecule has 0 aromatic rings. The van der Waals surface area contributed by atoms with Crippen LogP contribution in [0, 0.1) is 0 Å². The quantitative estimate of drug-likeness (QED) is 0.593. The summed E-state index contributed by atoms with van der Waals surface area (Å²) in [5.74, 6) is -0.0432. The highest BCUT2D eigenvalue weighted by molar-refractivity contribution is 5.77. The maximum absolute atomic E-state index is 11.4. The standard InChI is InChI=1S/C11H24N2O2/c1-5-11(3,4)13-10(14)9-15-8-7-12-6-2/h12H,5-9H2,1-4H3,(H,13,14). The lowest BCUT2D eigenvalue weighted by atomic mass is 10.0. The Morgan fingerprint density at radius 2 is 2.00 bits per heavy atom. The van der Waals surface area contributed by atoms with Gasteiger partial charge in [0.1, 0.15) is 6.61 Å². The van der Waals surface area contributed by atoms with E-state index in [4.69, 9.17) is 4.74 Å². The van der Waals surface area contributed by atoms with Gasteiger partial charge in [0.25, 0.3) is 0 Å². The molecule has 0 saturated carbocycles. The maximum atomic E-state index is 11.4. The van der Waals surface area contributed by atoms with Gasteiger partial charge in [-0.25, -0.2) is 0 Å². The summed E-state index contributed by atoms with van der Waals surface area (Å²) in [6, 6.07) is 0. The highest BCUT2D eigenvalue weighted by atomic mass is 16.5. The molecule has 2 N–H and O–H groups in total. The molecule has 0 unspecified atom stereocenters. The molecule has 0 bridgehead atoms. The first-order chi connectivity index (χ1) is 7.02. The van der Waals surface area contributed by atoms with E-state index in [0.717, 1.165) is 19.5 Å². The smallest absolute Gasteiger partial charge is 0.246 e. The predicted octanol–water partition coefficient (Wildman–Crippen LogP) is 0.917. The average Bonchev–Trinajstić information content (AvgIpc) is 2.17. The molecular formula is C11H24N2O2. The molecule has 0 fully saturated rings. The van der Waals surface area contributed by atoms with Gasteiger partial charge >= 0.3 is 0 Å². The lowest BCUT2D eigenvalue weighted by molar-refractivity contribution is -0.127.